The van der Waals surface area contributed by atoms with Crippen LogP contribution in [-0.2, 0) is 16.1 Å². The Morgan fingerprint density at radius 1 is 0.781 bits per heavy atom. The number of carbonyl (C=O) groups excluding carboxylic acids is 1. The maximum Gasteiger partial charge on any atom is 0.239 e. The van der Waals surface area contributed by atoms with Crippen LogP contribution in [0.5, 0.6) is 0 Å². The predicted molar refractivity (Wildman–Crippen MR) is 137 cm³/mol. The van der Waals surface area contributed by atoms with Crippen LogP contribution in [0.25, 0.3) is 0 Å². The standard InChI is InChI=1S/C28H50N2O2/c1-2-3-4-5-6-7-8-9-10-11-12-13-14-15-16-20-23-30-28(31)27(29)25-32-24-26-21-18-17-19-22-26/h17-19,21-22,27H,2-16,20,23-25,29H2,1H3,(H,30,31)/t27-/m0/s1. The minimum atomic E-state index is -0.597. The number of nitrogens with one attached hydrogen (secondary N) is 1. The molecule has 32 heavy (non-hydrogen) atoms. The highest BCUT2D eigenvalue weighted by Crippen LogP contribution is 2.13. The molecule has 4 heteroatoms. The third-order valence-corrected chi connectivity index (χ3v) is 6.08. The first kappa shape index (κ1) is 28.6. The summed E-state index contributed by atoms with van der Waals surface area (Å²) in [7, 11) is 0. The number of unbranched alkanes of at least 4 members (excludes halogenated alkanes) is 15. The quantitative estimate of drug-likeness (QED) is 0.190. The summed E-state index contributed by atoms with van der Waals surface area (Å²) in [5.74, 6) is -0.112. The minimum Gasteiger partial charge on any atom is -0.375 e. The molecule has 0 saturated carbocycles. The zero-order chi connectivity index (χ0) is 23.1. The van der Waals surface area contributed by atoms with Crippen LogP contribution >= 0.6 is 0 Å². The van der Waals surface area contributed by atoms with Crippen molar-refractivity contribution in [3.63, 3.8) is 0 Å². The molecule has 4 nitrogen and oxygen atoms in total. The van der Waals surface area contributed by atoms with Crippen molar-refractivity contribution in [1.82, 2.24) is 5.32 Å². The lowest BCUT2D eigenvalue weighted by molar-refractivity contribution is -0.123. The molecule has 1 rings (SSSR count). The fourth-order valence-corrected chi connectivity index (χ4v) is 3.97. The maximum absolute atomic E-state index is 12.0. The summed E-state index contributed by atoms with van der Waals surface area (Å²) in [5, 5.41) is 2.94. The predicted octanol–water partition coefficient (Wildman–Crippen LogP) is 6.91. The van der Waals surface area contributed by atoms with Crippen LogP contribution in [-0.4, -0.2) is 25.1 Å². The summed E-state index contributed by atoms with van der Waals surface area (Å²) in [4.78, 5) is 12.0. The summed E-state index contributed by atoms with van der Waals surface area (Å²) >= 11 is 0. The number of hydrogen-bond donors (Lipinski definition) is 2. The molecule has 1 aromatic rings. The molecule has 0 aromatic heterocycles. The lowest BCUT2D eigenvalue weighted by Crippen LogP contribution is -2.43. The van der Waals surface area contributed by atoms with Crippen molar-refractivity contribution in [2.24, 2.45) is 5.73 Å². The number of nitrogens with two attached hydrogens (primary N) is 1. The van der Waals surface area contributed by atoms with Gasteiger partial charge in [-0.3, -0.25) is 4.79 Å². The topological polar surface area (TPSA) is 64.4 Å². The van der Waals surface area contributed by atoms with Gasteiger partial charge in [-0.1, -0.05) is 134 Å². The van der Waals surface area contributed by atoms with E-state index in [1.165, 1.54) is 96.3 Å². The number of hydrogen-bond acceptors (Lipinski definition) is 3. The first-order chi connectivity index (χ1) is 15.7. The number of ether oxygens (including phenoxy) is 1. The second-order valence-electron chi connectivity index (χ2n) is 9.20. The number of amides is 1. The van der Waals surface area contributed by atoms with Gasteiger partial charge in [0.1, 0.15) is 6.04 Å². The highest BCUT2D eigenvalue weighted by molar-refractivity contribution is 5.81. The fraction of sp³-hybridized carbons (Fsp3) is 0.750. The van der Waals surface area contributed by atoms with Crippen LogP contribution in [0.2, 0.25) is 0 Å². The zero-order valence-corrected chi connectivity index (χ0v) is 20.8. The third kappa shape index (κ3) is 17.2. The van der Waals surface area contributed by atoms with E-state index in [0.717, 1.165) is 12.0 Å². The maximum atomic E-state index is 12.0. The van der Waals surface area contributed by atoms with Crippen molar-refractivity contribution >= 4 is 5.91 Å². The molecule has 0 saturated heterocycles. The summed E-state index contributed by atoms with van der Waals surface area (Å²) in [5.41, 5.74) is 7.01. The Labute approximate surface area is 198 Å². The summed E-state index contributed by atoms with van der Waals surface area (Å²) < 4.78 is 5.55. The van der Waals surface area contributed by atoms with Gasteiger partial charge in [0, 0.05) is 6.54 Å². The van der Waals surface area contributed by atoms with Crippen molar-refractivity contribution in [2.75, 3.05) is 13.2 Å². The molecule has 0 spiro atoms. The normalized spacial score (nSPS) is 12.1. The number of carbonyl (C=O) groups is 1. The average Bonchev–Trinajstić information content (AvgIpc) is 2.81. The summed E-state index contributed by atoms with van der Waals surface area (Å²) in [6.07, 6.45) is 21.7. The van der Waals surface area contributed by atoms with E-state index in [2.05, 4.69) is 12.2 Å². The van der Waals surface area contributed by atoms with Gasteiger partial charge in [0.25, 0.3) is 0 Å². The van der Waals surface area contributed by atoms with E-state index in [9.17, 15) is 4.79 Å². The van der Waals surface area contributed by atoms with Gasteiger partial charge in [-0.05, 0) is 12.0 Å². The Hall–Kier alpha value is -1.39. The van der Waals surface area contributed by atoms with Crippen LogP contribution in [0, 0.1) is 0 Å². The molecule has 0 aliphatic carbocycles. The Morgan fingerprint density at radius 2 is 1.25 bits per heavy atom. The molecule has 0 aliphatic rings. The smallest absolute Gasteiger partial charge is 0.239 e. The molecular formula is C28H50N2O2. The number of rotatable bonds is 22. The second-order valence-corrected chi connectivity index (χ2v) is 9.20. The third-order valence-electron chi connectivity index (χ3n) is 6.08. The van der Waals surface area contributed by atoms with Crippen molar-refractivity contribution in [3.05, 3.63) is 35.9 Å². The van der Waals surface area contributed by atoms with Crippen molar-refractivity contribution in [1.29, 1.82) is 0 Å². The van der Waals surface area contributed by atoms with E-state index in [1.807, 2.05) is 30.3 Å². The largest absolute Gasteiger partial charge is 0.375 e. The first-order valence-electron chi connectivity index (χ1n) is 13.4. The molecule has 1 atom stereocenters. The van der Waals surface area contributed by atoms with E-state index in [1.54, 1.807) is 0 Å². The Balaban J connectivity index is 1.80. The molecule has 3 N–H and O–H groups in total. The highest BCUT2D eigenvalue weighted by atomic mass is 16.5. The van der Waals surface area contributed by atoms with Crippen LogP contribution in [0.4, 0.5) is 0 Å². The van der Waals surface area contributed by atoms with Crippen molar-refractivity contribution in [2.45, 2.75) is 122 Å². The molecule has 1 amide bonds. The number of benzene rings is 1. The van der Waals surface area contributed by atoms with Gasteiger partial charge in [0.2, 0.25) is 5.91 Å². The Bertz CT molecular complexity index is 535. The lowest BCUT2D eigenvalue weighted by atomic mass is 10.0. The molecule has 0 radical (unpaired) electrons. The van der Waals surface area contributed by atoms with Crippen LogP contribution in [0.15, 0.2) is 30.3 Å². The second kappa shape index (κ2) is 21.5. The SMILES string of the molecule is CCCCCCCCCCCCCCCCCCNC(=O)[C@@H](N)COCc1ccccc1. The molecule has 0 heterocycles. The summed E-state index contributed by atoms with van der Waals surface area (Å²) in [6.45, 7) is 3.73. The van der Waals surface area contributed by atoms with Crippen LogP contribution in [0.1, 0.15) is 115 Å². The lowest BCUT2D eigenvalue weighted by Gasteiger charge is -2.13. The fourth-order valence-electron chi connectivity index (χ4n) is 3.97. The molecule has 0 bridgehead atoms. The minimum absolute atomic E-state index is 0.112. The van der Waals surface area contributed by atoms with Gasteiger partial charge in [-0.15, -0.1) is 0 Å². The Kier molecular flexibility index (Phi) is 19.2. The molecule has 0 aliphatic heterocycles. The molecular weight excluding hydrogens is 396 g/mol. The van der Waals surface area contributed by atoms with E-state index < -0.39 is 6.04 Å². The van der Waals surface area contributed by atoms with Crippen molar-refractivity contribution in [3.8, 4) is 0 Å². The molecule has 0 fully saturated rings. The van der Waals surface area contributed by atoms with E-state index in [0.29, 0.717) is 13.2 Å². The average molecular weight is 447 g/mol. The van der Waals surface area contributed by atoms with E-state index >= 15 is 0 Å². The molecule has 0 unspecified atom stereocenters. The zero-order valence-electron chi connectivity index (χ0n) is 20.8. The van der Waals surface area contributed by atoms with Crippen molar-refractivity contribution < 1.29 is 9.53 Å². The monoisotopic (exact) mass is 446 g/mol. The highest BCUT2D eigenvalue weighted by Gasteiger charge is 2.12. The van der Waals surface area contributed by atoms with Crippen LogP contribution in [0.3, 0.4) is 0 Å². The van der Waals surface area contributed by atoms with Gasteiger partial charge in [0.05, 0.1) is 13.2 Å². The van der Waals surface area contributed by atoms with Crippen LogP contribution < -0.4 is 11.1 Å². The molecule has 184 valence electrons. The van der Waals surface area contributed by atoms with Gasteiger partial charge in [-0.2, -0.15) is 0 Å². The van der Waals surface area contributed by atoms with E-state index in [4.69, 9.17) is 10.5 Å². The summed E-state index contributed by atoms with van der Waals surface area (Å²) in [6, 6.07) is 9.33. The van der Waals surface area contributed by atoms with Gasteiger partial charge in [0.15, 0.2) is 0 Å². The Morgan fingerprint density at radius 3 is 1.75 bits per heavy atom. The molecule has 1 aromatic carbocycles. The first-order valence-corrected chi connectivity index (χ1v) is 13.4. The van der Waals surface area contributed by atoms with Gasteiger partial charge >= 0.3 is 0 Å². The van der Waals surface area contributed by atoms with Gasteiger partial charge in [-0.25, -0.2) is 0 Å². The van der Waals surface area contributed by atoms with Gasteiger partial charge < -0.3 is 15.8 Å². The van der Waals surface area contributed by atoms with E-state index in [-0.39, 0.29) is 12.5 Å².